The molecule has 7 nitrogen and oxygen atoms in total. The SMILES string of the molecule is N#Cc1cc(NS(=O)(=O)c2cc(C3CC3)ccc2C(=O)O)c(OC2CCCC2)cc1Cl. The van der Waals surface area contributed by atoms with Crippen molar-refractivity contribution in [2.45, 2.75) is 55.4 Å². The Morgan fingerprint density at radius 2 is 1.87 bits per heavy atom. The Morgan fingerprint density at radius 3 is 2.48 bits per heavy atom. The van der Waals surface area contributed by atoms with Crippen molar-refractivity contribution < 1.29 is 23.1 Å². The van der Waals surface area contributed by atoms with Crippen LogP contribution in [0.2, 0.25) is 5.02 Å². The smallest absolute Gasteiger partial charge is 0.337 e. The molecule has 0 spiro atoms. The highest BCUT2D eigenvalue weighted by molar-refractivity contribution is 7.92. The number of anilines is 1. The number of nitrogens with zero attached hydrogens (tertiary/aromatic N) is 1. The minimum atomic E-state index is -4.27. The molecule has 2 aliphatic carbocycles. The summed E-state index contributed by atoms with van der Waals surface area (Å²) in [6.45, 7) is 0. The van der Waals surface area contributed by atoms with E-state index in [9.17, 15) is 23.6 Å². The molecule has 0 aromatic heterocycles. The maximum absolute atomic E-state index is 13.3. The lowest BCUT2D eigenvalue weighted by Crippen LogP contribution is -2.19. The molecule has 0 atom stereocenters. The van der Waals surface area contributed by atoms with Crippen molar-refractivity contribution >= 4 is 33.3 Å². The largest absolute Gasteiger partial charge is 0.488 e. The zero-order chi connectivity index (χ0) is 22.2. The first-order chi connectivity index (χ1) is 14.8. The molecule has 4 rings (SSSR count). The van der Waals surface area contributed by atoms with Crippen LogP contribution in [0.4, 0.5) is 5.69 Å². The van der Waals surface area contributed by atoms with E-state index in [2.05, 4.69) is 4.72 Å². The van der Waals surface area contributed by atoms with Crippen LogP contribution in [0.15, 0.2) is 35.2 Å². The number of benzene rings is 2. The fourth-order valence-corrected chi connectivity index (χ4v) is 5.30. The van der Waals surface area contributed by atoms with E-state index in [1.165, 1.54) is 24.3 Å². The highest BCUT2D eigenvalue weighted by atomic mass is 35.5. The number of rotatable bonds is 7. The molecule has 0 radical (unpaired) electrons. The summed E-state index contributed by atoms with van der Waals surface area (Å²) in [7, 11) is -4.27. The molecular formula is C22H21ClN2O5S. The fraction of sp³-hybridized carbons (Fsp3) is 0.364. The molecule has 2 aromatic carbocycles. The Morgan fingerprint density at radius 1 is 1.16 bits per heavy atom. The first-order valence-corrected chi connectivity index (χ1v) is 11.9. The number of carboxylic acid groups (broad SMARTS) is 1. The van der Waals surface area contributed by atoms with Crippen molar-refractivity contribution in [1.29, 1.82) is 5.26 Å². The van der Waals surface area contributed by atoms with E-state index in [-0.39, 0.29) is 44.5 Å². The number of halogens is 1. The molecule has 2 saturated carbocycles. The molecule has 2 fully saturated rings. The van der Waals surface area contributed by atoms with E-state index >= 15 is 0 Å². The molecule has 31 heavy (non-hydrogen) atoms. The number of carboxylic acids is 1. The summed E-state index contributed by atoms with van der Waals surface area (Å²) >= 11 is 6.15. The minimum absolute atomic E-state index is 0.0565. The summed E-state index contributed by atoms with van der Waals surface area (Å²) in [5, 5.41) is 19.0. The molecule has 2 aliphatic rings. The van der Waals surface area contributed by atoms with Crippen molar-refractivity contribution in [3.8, 4) is 11.8 Å². The molecule has 0 aliphatic heterocycles. The zero-order valence-corrected chi connectivity index (χ0v) is 18.2. The predicted molar refractivity (Wildman–Crippen MR) is 115 cm³/mol. The average Bonchev–Trinajstić information content (AvgIpc) is 3.46. The highest BCUT2D eigenvalue weighted by Crippen LogP contribution is 2.41. The second kappa shape index (κ2) is 8.40. The Hall–Kier alpha value is -2.76. The second-order valence-corrected chi connectivity index (χ2v) is 9.96. The summed E-state index contributed by atoms with van der Waals surface area (Å²) in [6.07, 6.45) is 5.55. The van der Waals surface area contributed by atoms with Crippen molar-refractivity contribution in [3.05, 3.63) is 52.0 Å². The summed E-state index contributed by atoms with van der Waals surface area (Å²) in [5.41, 5.74) is 0.621. The van der Waals surface area contributed by atoms with Gasteiger partial charge < -0.3 is 9.84 Å². The molecule has 0 amide bonds. The second-order valence-electron chi connectivity index (χ2n) is 7.90. The van der Waals surface area contributed by atoms with E-state index in [1.54, 1.807) is 6.07 Å². The van der Waals surface area contributed by atoms with Crippen LogP contribution in [0.1, 0.15) is 65.9 Å². The third-order valence-electron chi connectivity index (χ3n) is 5.60. The van der Waals surface area contributed by atoms with Crippen molar-refractivity contribution in [3.63, 3.8) is 0 Å². The lowest BCUT2D eigenvalue weighted by atomic mass is 10.1. The van der Waals surface area contributed by atoms with Gasteiger partial charge in [-0.05, 0) is 68.2 Å². The van der Waals surface area contributed by atoms with Gasteiger partial charge in [-0.1, -0.05) is 17.7 Å². The van der Waals surface area contributed by atoms with Crippen molar-refractivity contribution in [2.75, 3.05) is 4.72 Å². The van der Waals surface area contributed by atoms with Crippen LogP contribution >= 0.6 is 11.6 Å². The predicted octanol–water partition coefficient (Wildman–Crippen LogP) is 4.91. The number of hydrogen-bond donors (Lipinski definition) is 2. The lowest BCUT2D eigenvalue weighted by molar-refractivity contribution is 0.0692. The molecular weight excluding hydrogens is 440 g/mol. The van der Waals surface area contributed by atoms with Gasteiger partial charge in [-0.15, -0.1) is 0 Å². The van der Waals surface area contributed by atoms with Gasteiger partial charge in [-0.3, -0.25) is 4.72 Å². The third-order valence-corrected chi connectivity index (χ3v) is 7.32. The van der Waals surface area contributed by atoms with Crippen LogP contribution in [0.3, 0.4) is 0 Å². The van der Waals surface area contributed by atoms with Crippen molar-refractivity contribution in [2.24, 2.45) is 0 Å². The Balaban J connectivity index is 1.74. The normalized spacial score (nSPS) is 16.6. The molecule has 2 aromatic rings. The molecule has 0 heterocycles. The first-order valence-electron chi connectivity index (χ1n) is 10.1. The minimum Gasteiger partial charge on any atom is -0.488 e. The van der Waals surface area contributed by atoms with E-state index < -0.39 is 16.0 Å². The number of aromatic carboxylic acids is 1. The Kier molecular flexibility index (Phi) is 5.82. The number of hydrogen-bond acceptors (Lipinski definition) is 5. The molecule has 0 unspecified atom stereocenters. The maximum Gasteiger partial charge on any atom is 0.337 e. The maximum atomic E-state index is 13.3. The zero-order valence-electron chi connectivity index (χ0n) is 16.6. The van der Waals surface area contributed by atoms with Gasteiger partial charge in [-0.25, -0.2) is 13.2 Å². The van der Waals surface area contributed by atoms with Crippen LogP contribution in [0.25, 0.3) is 0 Å². The quantitative estimate of drug-likeness (QED) is 0.606. The average molecular weight is 461 g/mol. The number of ether oxygens (including phenoxy) is 1. The van der Waals surface area contributed by atoms with Gasteiger partial charge >= 0.3 is 5.97 Å². The topological polar surface area (TPSA) is 116 Å². The summed E-state index contributed by atoms with van der Waals surface area (Å²) in [5.74, 6) is -0.868. The molecule has 9 heteroatoms. The van der Waals surface area contributed by atoms with Gasteiger partial charge in [-0.2, -0.15) is 5.26 Å². The van der Waals surface area contributed by atoms with E-state index in [1.807, 2.05) is 6.07 Å². The van der Waals surface area contributed by atoms with Crippen LogP contribution in [0.5, 0.6) is 5.75 Å². The number of nitrogens with one attached hydrogen (secondary N) is 1. The standard InChI is InChI=1S/C22H21ClN2O5S/c23-18-11-20(30-16-3-1-2-4-16)19(9-15(18)12-24)25-31(28,29)21-10-14(13-5-6-13)7-8-17(21)22(26)27/h7-11,13,16,25H,1-6H2,(H,26,27). The molecule has 0 saturated heterocycles. The van der Waals surface area contributed by atoms with Gasteiger partial charge in [0.05, 0.1) is 27.9 Å². The van der Waals surface area contributed by atoms with E-state index in [0.717, 1.165) is 44.1 Å². The van der Waals surface area contributed by atoms with Crippen molar-refractivity contribution in [1.82, 2.24) is 0 Å². The summed E-state index contributed by atoms with van der Waals surface area (Å²) in [4.78, 5) is 11.4. The van der Waals surface area contributed by atoms with Crippen LogP contribution in [-0.2, 0) is 10.0 Å². The van der Waals surface area contributed by atoms with Gasteiger partial charge in [0.1, 0.15) is 16.7 Å². The third kappa shape index (κ3) is 4.63. The highest BCUT2D eigenvalue weighted by Gasteiger charge is 2.30. The van der Waals surface area contributed by atoms with Gasteiger partial charge in [0.15, 0.2) is 0 Å². The number of sulfonamides is 1. The Bertz CT molecular complexity index is 1180. The molecule has 162 valence electrons. The Labute approximate surface area is 185 Å². The van der Waals surface area contributed by atoms with E-state index in [0.29, 0.717) is 0 Å². The molecule has 0 bridgehead atoms. The van der Waals surface area contributed by atoms with E-state index in [4.69, 9.17) is 16.3 Å². The lowest BCUT2D eigenvalue weighted by Gasteiger charge is -2.19. The van der Waals surface area contributed by atoms with Gasteiger partial charge in [0, 0.05) is 6.07 Å². The van der Waals surface area contributed by atoms with Gasteiger partial charge in [0.2, 0.25) is 0 Å². The van der Waals surface area contributed by atoms with Crippen LogP contribution in [-0.4, -0.2) is 25.6 Å². The monoisotopic (exact) mass is 460 g/mol. The number of nitriles is 1. The fourth-order valence-electron chi connectivity index (χ4n) is 3.81. The summed E-state index contributed by atoms with van der Waals surface area (Å²) < 4.78 is 34.9. The van der Waals surface area contributed by atoms with Crippen LogP contribution < -0.4 is 9.46 Å². The molecule has 2 N–H and O–H groups in total. The van der Waals surface area contributed by atoms with Crippen LogP contribution in [0, 0.1) is 11.3 Å². The van der Waals surface area contributed by atoms with Gasteiger partial charge in [0.25, 0.3) is 10.0 Å². The first kappa shape index (κ1) is 21.5. The number of carbonyl (C=O) groups is 1. The summed E-state index contributed by atoms with van der Waals surface area (Å²) in [6, 6.07) is 9.07.